The standard InChI is InChI=1S/2Ag.H3OSi/c;;1-2/h;;2H3/q;+1;-1. The van der Waals surface area contributed by atoms with Gasteiger partial charge in [0, 0.05) is 22.4 Å². The molecule has 0 atom stereocenters. The summed E-state index contributed by atoms with van der Waals surface area (Å²) in [6, 6.07) is 0. The van der Waals surface area contributed by atoms with Crippen molar-refractivity contribution < 1.29 is 46.8 Å². The quantitative estimate of drug-likeness (QED) is 0.496. The summed E-state index contributed by atoms with van der Waals surface area (Å²) in [5, 5.41) is 0. The summed E-state index contributed by atoms with van der Waals surface area (Å²) in [6.45, 7) is 0. The first-order valence-electron chi connectivity index (χ1n) is 0.531. The summed E-state index contributed by atoms with van der Waals surface area (Å²) >= 11 is 2.72. The van der Waals surface area contributed by atoms with Crippen LogP contribution >= 0.6 is 0 Å². The Hall–Kier alpha value is 1.66. The minimum atomic E-state index is 0. The first-order valence-corrected chi connectivity index (χ1v) is 1.95. The Kier molecular flexibility index (Phi) is 20.2. The summed E-state index contributed by atoms with van der Waals surface area (Å²) in [5.41, 5.74) is 0. The zero-order chi connectivity index (χ0) is 2.71. The summed E-state index contributed by atoms with van der Waals surface area (Å²) in [6.07, 6.45) is 0. The van der Waals surface area contributed by atoms with Crippen molar-refractivity contribution in [1.82, 2.24) is 0 Å². The molecule has 0 aromatic carbocycles. The van der Waals surface area contributed by atoms with Gasteiger partial charge in [-0.1, -0.05) is 0 Å². The van der Waals surface area contributed by atoms with E-state index in [4.69, 9.17) is 0 Å². The summed E-state index contributed by atoms with van der Waals surface area (Å²) in [5.74, 6) is 0. The fraction of sp³-hybridized carbons (Fsp3) is 0. The number of rotatable bonds is 0. The summed E-state index contributed by atoms with van der Waals surface area (Å²) in [4.78, 5) is 0. The van der Waals surface area contributed by atoms with Crippen LogP contribution in [0.25, 0.3) is 0 Å². The van der Waals surface area contributed by atoms with E-state index in [1.54, 1.807) is 0 Å². The molecule has 0 amide bonds. The predicted octanol–water partition coefficient (Wildman–Crippen LogP) is -1.26. The first kappa shape index (κ1) is 9.17. The second-order valence-electron chi connectivity index (χ2n) is 0.123. The Balaban J connectivity index is 0. The van der Waals surface area contributed by atoms with Crippen LogP contribution in [0.4, 0.5) is 0 Å². The van der Waals surface area contributed by atoms with E-state index in [1.807, 2.05) is 0 Å². The third kappa shape index (κ3) is 9.40. The van der Waals surface area contributed by atoms with Crippen LogP contribution in [0.15, 0.2) is 0 Å². The fourth-order valence-corrected chi connectivity index (χ4v) is 0. The van der Waals surface area contributed by atoms with Gasteiger partial charge in [0.05, 0.1) is 0 Å². The third-order valence-electron chi connectivity index (χ3n) is 0. The topological polar surface area (TPSA) is 9.23 Å². The molecule has 0 aromatic rings. The van der Waals surface area contributed by atoms with Crippen LogP contribution in [0.5, 0.6) is 0 Å². The average Bonchev–Trinajstić information content (AvgIpc) is 0.918. The predicted molar refractivity (Wildman–Crippen MR) is 11.0 cm³/mol. The van der Waals surface area contributed by atoms with Gasteiger partial charge in [-0.05, 0) is 0 Å². The van der Waals surface area contributed by atoms with Gasteiger partial charge in [-0.25, -0.2) is 0 Å². The molecule has 0 aromatic heterocycles. The van der Waals surface area contributed by atoms with Crippen molar-refractivity contribution in [2.75, 3.05) is 0 Å². The molecule has 0 spiro atoms. The summed E-state index contributed by atoms with van der Waals surface area (Å²) in [7, 11) is 0.784. The van der Waals surface area contributed by atoms with E-state index in [2.05, 4.69) is 24.4 Å². The van der Waals surface area contributed by atoms with Gasteiger partial charge in [0.1, 0.15) is 0 Å². The van der Waals surface area contributed by atoms with Crippen molar-refractivity contribution in [3.05, 3.63) is 0 Å². The van der Waals surface area contributed by atoms with E-state index in [-0.39, 0.29) is 22.4 Å². The number of hydrogen-bond acceptors (Lipinski definition) is 1. The molecule has 0 aliphatic rings. The second kappa shape index (κ2) is 8.82. The van der Waals surface area contributed by atoms with E-state index in [1.165, 1.54) is 0 Å². The molecule has 4 heavy (non-hydrogen) atoms. The van der Waals surface area contributed by atoms with Crippen LogP contribution in [0.3, 0.4) is 0 Å². The van der Waals surface area contributed by atoms with Crippen molar-refractivity contribution >= 4 is 10.5 Å². The first-order chi connectivity index (χ1) is 1.41. The zero-order valence-electron chi connectivity index (χ0n) is 2.01. The van der Waals surface area contributed by atoms with Crippen molar-refractivity contribution in [1.29, 1.82) is 0 Å². The van der Waals surface area contributed by atoms with Crippen molar-refractivity contribution in [3.8, 4) is 0 Å². The molecule has 0 N–H and O–H groups in total. The SMILES string of the molecule is [Ag].[SiH3][O][Ag]. The van der Waals surface area contributed by atoms with Gasteiger partial charge < -0.3 is 0 Å². The van der Waals surface area contributed by atoms with Gasteiger partial charge in [0.25, 0.3) is 0 Å². The molecule has 0 aliphatic heterocycles. The van der Waals surface area contributed by atoms with Crippen LogP contribution in [0.1, 0.15) is 0 Å². The van der Waals surface area contributed by atoms with Crippen molar-refractivity contribution in [3.63, 3.8) is 0 Å². The maximum absolute atomic E-state index is 4.20. The van der Waals surface area contributed by atoms with Crippen LogP contribution < -0.4 is 0 Å². The molecule has 0 heterocycles. The fourth-order valence-electron chi connectivity index (χ4n) is 0. The van der Waals surface area contributed by atoms with Crippen LogP contribution in [-0.4, -0.2) is 10.5 Å². The Morgan fingerprint density at radius 3 is 1.75 bits per heavy atom. The summed E-state index contributed by atoms with van der Waals surface area (Å²) < 4.78 is 4.20. The van der Waals surface area contributed by atoms with Gasteiger partial charge in [0.2, 0.25) is 0 Å². The van der Waals surface area contributed by atoms with Gasteiger partial charge in [-0.2, -0.15) is 0 Å². The Labute approximate surface area is 57.0 Å². The van der Waals surface area contributed by atoms with Gasteiger partial charge in [0.15, 0.2) is 0 Å². The van der Waals surface area contributed by atoms with E-state index in [0.29, 0.717) is 0 Å². The normalized spacial score (nSPS) is 5.50. The zero-order valence-corrected chi connectivity index (χ0v) is 6.98. The molecular formula is H3Ag2OSi. The van der Waals surface area contributed by atoms with Gasteiger partial charge in [-0.15, -0.1) is 0 Å². The Morgan fingerprint density at radius 2 is 1.75 bits per heavy atom. The molecule has 1 radical (unpaired) electrons. The molecule has 4 heteroatoms. The van der Waals surface area contributed by atoms with E-state index in [9.17, 15) is 0 Å². The second-order valence-corrected chi connectivity index (χ2v) is 2.18. The van der Waals surface area contributed by atoms with Crippen LogP contribution in [-0.2, 0) is 46.8 Å². The van der Waals surface area contributed by atoms with Gasteiger partial charge >= 0.3 is 34.9 Å². The molecule has 35 valence electrons. The molecule has 0 fully saturated rings. The Morgan fingerprint density at radius 1 is 1.75 bits per heavy atom. The monoisotopic (exact) mass is 261 g/mol. The molecule has 0 aliphatic carbocycles. The molecule has 0 bridgehead atoms. The van der Waals surface area contributed by atoms with E-state index < -0.39 is 0 Å². The van der Waals surface area contributed by atoms with E-state index >= 15 is 0 Å². The average molecular weight is 263 g/mol. The Bertz CT molecular complexity index is 6.00. The van der Waals surface area contributed by atoms with Crippen molar-refractivity contribution in [2.24, 2.45) is 0 Å². The molecule has 1 nitrogen and oxygen atoms in total. The van der Waals surface area contributed by atoms with Crippen LogP contribution in [0, 0.1) is 0 Å². The molecule has 0 saturated heterocycles. The molecular weight excluding hydrogens is 260 g/mol. The minimum absolute atomic E-state index is 0. The van der Waals surface area contributed by atoms with Crippen molar-refractivity contribution in [2.45, 2.75) is 0 Å². The maximum atomic E-state index is 4.20. The molecule has 0 rings (SSSR count). The number of hydrogen-bond donors (Lipinski definition) is 0. The molecule has 0 unspecified atom stereocenters. The van der Waals surface area contributed by atoms with Crippen LogP contribution in [0.2, 0.25) is 0 Å². The molecule has 0 saturated carbocycles. The third-order valence-corrected chi connectivity index (χ3v) is 0. The van der Waals surface area contributed by atoms with E-state index in [0.717, 1.165) is 10.5 Å². The van der Waals surface area contributed by atoms with Gasteiger partial charge in [-0.3, -0.25) is 0 Å².